The molecule has 0 aliphatic carbocycles. The Morgan fingerprint density at radius 3 is 2.50 bits per heavy atom. The van der Waals surface area contributed by atoms with Crippen LogP contribution in [0.3, 0.4) is 0 Å². The van der Waals surface area contributed by atoms with Crippen molar-refractivity contribution < 1.29 is 4.92 Å². The quantitative estimate of drug-likeness (QED) is 0.446. The van der Waals surface area contributed by atoms with Crippen LogP contribution in [0.1, 0.15) is 5.56 Å². The zero-order chi connectivity index (χ0) is 12.1. The third kappa shape index (κ3) is 2.81. The number of nitriles is 2. The van der Waals surface area contributed by atoms with E-state index in [1.54, 1.807) is 12.1 Å². The van der Waals surface area contributed by atoms with Crippen LogP contribution >= 0.6 is 11.6 Å². The van der Waals surface area contributed by atoms with Gasteiger partial charge in [0.15, 0.2) is 0 Å². The van der Waals surface area contributed by atoms with Crippen molar-refractivity contribution >= 4 is 23.4 Å². The Balaban J connectivity index is 3.28. The van der Waals surface area contributed by atoms with Gasteiger partial charge >= 0.3 is 0 Å². The van der Waals surface area contributed by atoms with Gasteiger partial charge in [-0.3, -0.25) is 10.1 Å². The highest BCUT2D eigenvalue weighted by molar-refractivity contribution is 6.31. The van der Waals surface area contributed by atoms with E-state index in [4.69, 9.17) is 22.1 Å². The van der Waals surface area contributed by atoms with Crippen LogP contribution in [0.5, 0.6) is 0 Å². The van der Waals surface area contributed by atoms with Crippen molar-refractivity contribution in [3.8, 4) is 12.1 Å². The molecule has 0 N–H and O–H groups in total. The first-order valence-corrected chi connectivity index (χ1v) is 4.41. The van der Waals surface area contributed by atoms with Crippen LogP contribution in [-0.4, -0.2) is 4.92 Å². The van der Waals surface area contributed by atoms with Gasteiger partial charge in [0, 0.05) is 17.2 Å². The molecule has 1 aromatic rings. The number of allylic oxidation sites excluding steroid dienone is 1. The molecule has 0 bridgehead atoms. The van der Waals surface area contributed by atoms with Crippen LogP contribution < -0.4 is 0 Å². The summed E-state index contributed by atoms with van der Waals surface area (Å²) >= 11 is 5.66. The number of nitrogens with zero attached hydrogens (tertiary/aromatic N) is 3. The Kier molecular flexibility index (Phi) is 3.60. The predicted molar refractivity (Wildman–Crippen MR) is 57.3 cm³/mol. The summed E-state index contributed by atoms with van der Waals surface area (Å²) in [5.41, 5.74) is 0.0165. The minimum Gasteiger partial charge on any atom is -0.258 e. The maximum atomic E-state index is 10.5. The molecule has 0 unspecified atom stereocenters. The van der Waals surface area contributed by atoms with Gasteiger partial charge in [-0.05, 0) is 17.7 Å². The number of halogens is 1. The first-order valence-electron chi connectivity index (χ1n) is 4.03. The smallest absolute Gasteiger partial charge is 0.258 e. The van der Waals surface area contributed by atoms with E-state index in [0.29, 0.717) is 5.56 Å². The van der Waals surface area contributed by atoms with Crippen molar-refractivity contribution in [2.75, 3.05) is 0 Å². The normalized spacial score (nSPS) is 8.69. The molecular formula is C10H4ClN3O2. The number of non-ortho nitro benzene ring substituents is 1. The van der Waals surface area contributed by atoms with Gasteiger partial charge in [-0.15, -0.1) is 0 Å². The number of nitro benzene ring substituents is 1. The van der Waals surface area contributed by atoms with Crippen molar-refractivity contribution in [1.29, 1.82) is 10.5 Å². The monoisotopic (exact) mass is 233 g/mol. The third-order valence-electron chi connectivity index (χ3n) is 1.67. The largest absolute Gasteiger partial charge is 0.271 e. The molecule has 0 spiro atoms. The summed E-state index contributed by atoms with van der Waals surface area (Å²) in [5, 5.41) is 27.8. The van der Waals surface area contributed by atoms with Crippen LogP contribution in [0.2, 0.25) is 5.02 Å². The highest BCUT2D eigenvalue weighted by Gasteiger charge is 2.08. The van der Waals surface area contributed by atoms with Crippen LogP contribution in [0.25, 0.3) is 6.08 Å². The second kappa shape index (κ2) is 4.92. The molecule has 0 saturated carbocycles. The molecule has 0 aliphatic heterocycles. The van der Waals surface area contributed by atoms with Crippen molar-refractivity contribution in [1.82, 2.24) is 0 Å². The van der Waals surface area contributed by atoms with Gasteiger partial charge in [0.25, 0.3) is 5.69 Å². The fraction of sp³-hybridized carbons (Fsp3) is 0. The fourth-order valence-electron chi connectivity index (χ4n) is 1.04. The summed E-state index contributed by atoms with van der Waals surface area (Å²) < 4.78 is 0. The van der Waals surface area contributed by atoms with Crippen LogP contribution in [0, 0.1) is 32.8 Å². The van der Waals surface area contributed by atoms with E-state index in [2.05, 4.69) is 0 Å². The molecule has 0 fully saturated rings. The van der Waals surface area contributed by atoms with E-state index in [9.17, 15) is 10.1 Å². The van der Waals surface area contributed by atoms with Gasteiger partial charge in [-0.2, -0.15) is 10.5 Å². The lowest BCUT2D eigenvalue weighted by Gasteiger charge is -1.96. The molecule has 78 valence electrons. The highest BCUT2D eigenvalue weighted by atomic mass is 35.5. The van der Waals surface area contributed by atoms with Gasteiger partial charge in [-0.25, -0.2) is 0 Å². The predicted octanol–water partition coefficient (Wildman–Crippen LogP) is 2.68. The summed E-state index contributed by atoms with van der Waals surface area (Å²) in [6.07, 6.45) is 1.23. The zero-order valence-electron chi connectivity index (χ0n) is 7.85. The second-order valence-corrected chi connectivity index (χ2v) is 3.22. The first kappa shape index (κ1) is 11.7. The van der Waals surface area contributed by atoms with E-state index in [1.165, 1.54) is 24.3 Å². The minimum atomic E-state index is -0.596. The van der Waals surface area contributed by atoms with Gasteiger partial charge < -0.3 is 0 Å². The maximum absolute atomic E-state index is 10.5. The van der Waals surface area contributed by atoms with Crippen LogP contribution in [-0.2, 0) is 0 Å². The lowest BCUT2D eigenvalue weighted by Crippen LogP contribution is -1.88. The molecule has 6 heteroatoms. The lowest BCUT2D eigenvalue weighted by molar-refractivity contribution is -0.384. The minimum absolute atomic E-state index is 0.142. The average Bonchev–Trinajstić information content (AvgIpc) is 2.25. The number of rotatable bonds is 2. The summed E-state index contributed by atoms with van der Waals surface area (Å²) in [4.78, 5) is 9.93. The first-order chi connectivity index (χ1) is 7.56. The molecule has 0 amide bonds. The van der Waals surface area contributed by atoms with E-state index in [-0.39, 0.29) is 16.3 Å². The summed E-state index contributed by atoms with van der Waals surface area (Å²) in [6, 6.07) is 7.17. The average molecular weight is 234 g/mol. The number of hydrogen-bond donors (Lipinski definition) is 0. The molecule has 0 atom stereocenters. The van der Waals surface area contributed by atoms with Crippen LogP contribution in [0.4, 0.5) is 5.69 Å². The standard InChI is InChI=1S/C10H4ClN3O2/c11-9-2-7(1-8(5-12)6-13)3-10(4-9)14(15)16/h1-4H. The van der Waals surface area contributed by atoms with E-state index < -0.39 is 4.92 Å². The van der Waals surface area contributed by atoms with Crippen molar-refractivity contribution in [3.63, 3.8) is 0 Å². The molecule has 0 radical (unpaired) electrons. The summed E-state index contributed by atoms with van der Waals surface area (Å²) in [5.74, 6) is 0. The van der Waals surface area contributed by atoms with E-state index >= 15 is 0 Å². The Morgan fingerprint density at radius 1 is 1.38 bits per heavy atom. The Labute approximate surface area is 95.9 Å². The molecule has 0 aliphatic rings. The van der Waals surface area contributed by atoms with Crippen LogP contribution in [0.15, 0.2) is 23.8 Å². The third-order valence-corrected chi connectivity index (χ3v) is 1.89. The molecular weight excluding hydrogens is 230 g/mol. The second-order valence-electron chi connectivity index (χ2n) is 2.78. The SMILES string of the molecule is N#CC(C#N)=Cc1cc(Cl)cc([N+](=O)[O-])c1. The Hall–Kier alpha value is -2.37. The van der Waals surface area contributed by atoms with Gasteiger partial charge in [0.05, 0.1) is 4.92 Å². The topological polar surface area (TPSA) is 90.7 Å². The highest BCUT2D eigenvalue weighted by Crippen LogP contribution is 2.22. The molecule has 5 nitrogen and oxygen atoms in total. The van der Waals surface area contributed by atoms with Gasteiger partial charge in [0.1, 0.15) is 17.7 Å². The summed E-state index contributed by atoms with van der Waals surface area (Å²) in [7, 11) is 0. The Bertz CT molecular complexity index is 536. The van der Waals surface area contributed by atoms with E-state index in [0.717, 1.165) is 0 Å². The van der Waals surface area contributed by atoms with Gasteiger partial charge in [-0.1, -0.05) is 11.6 Å². The van der Waals surface area contributed by atoms with Gasteiger partial charge in [0.2, 0.25) is 0 Å². The number of nitro groups is 1. The van der Waals surface area contributed by atoms with Crippen molar-refractivity contribution in [2.24, 2.45) is 0 Å². The lowest BCUT2D eigenvalue weighted by atomic mass is 10.1. The Morgan fingerprint density at radius 2 is 2.00 bits per heavy atom. The molecule has 0 heterocycles. The molecule has 1 aromatic carbocycles. The molecule has 0 aromatic heterocycles. The zero-order valence-corrected chi connectivity index (χ0v) is 8.60. The molecule has 16 heavy (non-hydrogen) atoms. The fourth-order valence-corrected chi connectivity index (χ4v) is 1.28. The number of benzene rings is 1. The van der Waals surface area contributed by atoms with E-state index in [1.807, 2.05) is 0 Å². The van der Waals surface area contributed by atoms with Crippen molar-refractivity contribution in [2.45, 2.75) is 0 Å². The van der Waals surface area contributed by atoms with Crippen molar-refractivity contribution in [3.05, 3.63) is 44.5 Å². The molecule has 1 rings (SSSR count). The summed E-state index contributed by atoms with van der Waals surface area (Å²) in [6.45, 7) is 0. The molecule has 0 saturated heterocycles. The number of hydrogen-bond acceptors (Lipinski definition) is 4. The maximum Gasteiger partial charge on any atom is 0.271 e.